The van der Waals surface area contributed by atoms with Crippen LogP contribution in [0.4, 0.5) is 0 Å². The van der Waals surface area contributed by atoms with Gasteiger partial charge in [0.05, 0.1) is 7.11 Å². The Kier molecular flexibility index (Phi) is 8.88. The molecule has 0 spiro atoms. The molecule has 3 unspecified atom stereocenters. The summed E-state index contributed by atoms with van der Waals surface area (Å²) in [7, 11) is 1.44. The first-order valence-corrected chi connectivity index (χ1v) is 9.53. The summed E-state index contributed by atoms with van der Waals surface area (Å²) in [5.41, 5.74) is 5.85. The molecule has 160 valence electrons. The van der Waals surface area contributed by atoms with Crippen molar-refractivity contribution < 1.29 is 23.9 Å². The number of hydrogen-bond donors (Lipinski definition) is 2. The van der Waals surface area contributed by atoms with E-state index in [1.807, 2.05) is 46.8 Å². The Labute approximate surface area is 172 Å². The number of methoxy groups -OCH3 is 1. The number of primary amides is 1. The normalized spacial score (nSPS) is 20.2. The Hall–Kier alpha value is -2.83. The van der Waals surface area contributed by atoms with Crippen LogP contribution in [0.2, 0.25) is 0 Å². The fourth-order valence-electron chi connectivity index (χ4n) is 2.87. The van der Waals surface area contributed by atoms with Gasteiger partial charge in [-0.05, 0) is 18.4 Å². The van der Waals surface area contributed by atoms with Gasteiger partial charge in [-0.1, -0.05) is 57.6 Å². The summed E-state index contributed by atoms with van der Waals surface area (Å²) in [5.74, 6) is -1.15. The van der Waals surface area contributed by atoms with Gasteiger partial charge in [0.15, 0.2) is 5.76 Å². The summed E-state index contributed by atoms with van der Waals surface area (Å²) in [6.45, 7) is 9.39. The fourth-order valence-corrected chi connectivity index (χ4v) is 2.87. The molecule has 0 bridgehead atoms. The van der Waals surface area contributed by atoms with Crippen molar-refractivity contribution in [3.05, 3.63) is 47.8 Å². The average molecular weight is 405 g/mol. The van der Waals surface area contributed by atoms with Gasteiger partial charge in [-0.2, -0.15) is 0 Å². The number of cyclic esters (lactones) is 1. The number of carbonyl (C=O) groups is 3. The second kappa shape index (κ2) is 10.6. The molecule has 1 rings (SSSR count). The van der Waals surface area contributed by atoms with E-state index >= 15 is 0 Å². The molecule has 0 aromatic rings. The maximum absolute atomic E-state index is 12.0. The first-order chi connectivity index (χ1) is 13.5. The van der Waals surface area contributed by atoms with E-state index in [0.717, 1.165) is 5.57 Å². The molecule has 7 heteroatoms. The molecule has 3 N–H and O–H groups in total. The number of hydrogen-bond acceptors (Lipinski definition) is 5. The van der Waals surface area contributed by atoms with Gasteiger partial charge in [0.2, 0.25) is 11.8 Å². The van der Waals surface area contributed by atoms with Crippen molar-refractivity contribution in [2.24, 2.45) is 17.1 Å². The molecule has 1 aliphatic heterocycles. The molecule has 0 saturated carbocycles. The Bertz CT molecular complexity index is 741. The van der Waals surface area contributed by atoms with Crippen LogP contribution >= 0.6 is 0 Å². The number of nitrogens with two attached hydrogens (primary N) is 1. The Morgan fingerprint density at radius 3 is 2.45 bits per heavy atom. The second-order valence-electron chi connectivity index (χ2n) is 8.15. The predicted octanol–water partition coefficient (Wildman–Crippen LogP) is 2.54. The van der Waals surface area contributed by atoms with Gasteiger partial charge in [0, 0.05) is 18.4 Å². The third-order valence-corrected chi connectivity index (χ3v) is 4.48. The van der Waals surface area contributed by atoms with Crippen molar-refractivity contribution in [2.75, 3.05) is 7.11 Å². The van der Waals surface area contributed by atoms with Crippen molar-refractivity contribution in [2.45, 2.75) is 53.2 Å². The lowest BCUT2D eigenvalue weighted by molar-refractivity contribution is -0.151. The molecule has 0 aromatic heterocycles. The molecule has 0 fully saturated rings. The summed E-state index contributed by atoms with van der Waals surface area (Å²) >= 11 is 0. The molecular formula is C22H32N2O5. The standard InChI is InChI=1S/C22H32N2O5/c1-14(13-15(2)16-11-12-17(28-6)21(27)29-16)9-7-8-10-18(25)24-19(20(23)26)22(3,4)5/h7-10,12-13,15-16,19H,11H2,1-6H3,(H2,23,26)(H,24,25)/b9-7+,10-8-,14-13+. The molecule has 1 aliphatic rings. The van der Waals surface area contributed by atoms with Gasteiger partial charge in [-0.25, -0.2) is 4.79 Å². The zero-order valence-corrected chi connectivity index (χ0v) is 18.0. The van der Waals surface area contributed by atoms with Crippen LogP contribution in [0.3, 0.4) is 0 Å². The quantitative estimate of drug-likeness (QED) is 0.367. The SMILES string of the molecule is COC1=CCC(C(C)/C=C(C)/C=C/C=C\C(=O)NC(C(N)=O)C(C)(C)C)OC1=O. The highest BCUT2D eigenvalue weighted by Crippen LogP contribution is 2.22. The second-order valence-corrected chi connectivity index (χ2v) is 8.15. The lowest BCUT2D eigenvalue weighted by Gasteiger charge is -2.28. The first-order valence-electron chi connectivity index (χ1n) is 9.53. The lowest BCUT2D eigenvalue weighted by atomic mass is 9.86. The number of amides is 2. The maximum Gasteiger partial charge on any atom is 0.373 e. The van der Waals surface area contributed by atoms with Gasteiger partial charge in [0.1, 0.15) is 12.1 Å². The Morgan fingerprint density at radius 2 is 1.93 bits per heavy atom. The van der Waals surface area contributed by atoms with E-state index in [1.165, 1.54) is 13.2 Å². The largest absolute Gasteiger partial charge is 0.490 e. The number of allylic oxidation sites excluding steroid dienone is 4. The minimum atomic E-state index is -0.753. The van der Waals surface area contributed by atoms with E-state index in [1.54, 1.807) is 18.2 Å². The van der Waals surface area contributed by atoms with Crippen LogP contribution in [0.25, 0.3) is 0 Å². The molecule has 0 radical (unpaired) electrons. The van der Waals surface area contributed by atoms with Gasteiger partial charge >= 0.3 is 5.97 Å². The molecule has 2 amide bonds. The van der Waals surface area contributed by atoms with Crippen molar-refractivity contribution >= 4 is 17.8 Å². The van der Waals surface area contributed by atoms with Gasteiger partial charge in [0.25, 0.3) is 0 Å². The van der Waals surface area contributed by atoms with Crippen LogP contribution in [-0.4, -0.2) is 37.0 Å². The van der Waals surface area contributed by atoms with Crippen LogP contribution in [-0.2, 0) is 23.9 Å². The van der Waals surface area contributed by atoms with Crippen molar-refractivity contribution in [1.82, 2.24) is 5.32 Å². The molecule has 0 aliphatic carbocycles. The van der Waals surface area contributed by atoms with Crippen molar-refractivity contribution in [3.63, 3.8) is 0 Å². The van der Waals surface area contributed by atoms with Crippen molar-refractivity contribution in [1.29, 1.82) is 0 Å². The highest BCUT2D eigenvalue weighted by molar-refractivity contribution is 5.93. The summed E-state index contributed by atoms with van der Waals surface area (Å²) in [6, 6.07) is -0.753. The first kappa shape index (κ1) is 24.2. The molecule has 1 heterocycles. The van der Waals surface area contributed by atoms with Gasteiger partial charge in [-0.15, -0.1) is 0 Å². The zero-order chi connectivity index (χ0) is 22.2. The van der Waals surface area contributed by atoms with Crippen LogP contribution in [0.5, 0.6) is 0 Å². The van der Waals surface area contributed by atoms with E-state index < -0.39 is 29.2 Å². The van der Waals surface area contributed by atoms with E-state index in [9.17, 15) is 14.4 Å². The maximum atomic E-state index is 12.0. The minimum absolute atomic E-state index is 0.0219. The predicted molar refractivity (Wildman–Crippen MR) is 111 cm³/mol. The van der Waals surface area contributed by atoms with Gasteiger partial charge < -0.3 is 20.5 Å². The van der Waals surface area contributed by atoms with Crippen molar-refractivity contribution in [3.8, 4) is 0 Å². The molecule has 0 saturated heterocycles. The molecule has 29 heavy (non-hydrogen) atoms. The molecule has 7 nitrogen and oxygen atoms in total. The zero-order valence-electron chi connectivity index (χ0n) is 18.0. The molecular weight excluding hydrogens is 372 g/mol. The monoisotopic (exact) mass is 404 g/mol. The number of esters is 1. The van der Waals surface area contributed by atoms with Crippen LogP contribution in [0, 0.1) is 11.3 Å². The fraction of sp³-hybridized carbons (Fsp3) is 0.500. The summed E-state index contributed by atoms with van der Waals surface area (Å²) in [4.78, 5) is 35.3. The number of nitrogens with one attached hydrogen (secondary N) is 1. The van der Waals surface area contributed by atoms with E-state index in [4.69, 9.17) is 15.2 Å². The summed E-state index contributed by atoms with van der Waals surface area (Å²) in [6.07, 6.45) is 10.6. The highest BCUT2D eigenvalue weighted by Gasteiger charge is 2.30. The van der Waals surface area contributed by atoms with Gasteiger partial charge in [-0.3, -0.25) is 9.59 Å². The summed E-state index contributed by atoms with van der Waals surface area (Å²) < 4.78 is 10.3. The third-order valence-electron chi connectivity index (χ3n) is 4.48. The van der Waals surface area contributed by atoms with Crippen LogP contribution < -0.4 is 11.1 Å². The van der Waals surface area contributed by atoms with Crippen LogP contribution in [0.15, 0.2) is 47.8 Å². The van der Waals surface area contributed by atoms with E-state index in [2.05, 4.69) is 5.32 Å². The molecule has 0 aromatic carbocycles. The number of carbonyl (C=O) groups excluding carboxylic acids is 3. The van der Waals surface area contributed by atoms with E-state index in [-0.39, 0.29) is 17.8 Å². The highest BCUT2D eigenvalue weighted by atomic mass is 16.6. The minimum Gasteiger partial charge on any atom is -0.490 e. The number of rotatable bonds is 8. The average Bonchev–Trinajstić information content (AvgIpc) is 2.61. The number of ether oxygens (including phenoxy) is 2. The Morgan fingerprint density at radius 1 is 1.31 bits per heavy atom. The topological polar surface area (TPSA) is 108 Å². The lowest BCUT2D eigenvalue weighted by Crippen LogP contribution is -2.51. The molecule has 3 atom stereocenters. The Balaban J connectivity index is 2.62. The van der Waals surface area contributed by atoms with Crippen LogP contribution in [0.1, 0.15) is 41.0 Å². The van der Waals surface area contributed by atoms with E-state index in [0.29, 0.717) is 6.42 Å². The third kappa shape index (κ3) is 7.97. The summed E-state index contributed by atoms with van der Waals surface area (Å²) in [5, 5.41) is 2.62. The smallest absolute Gasteiger partial charge is 0.373 e.